The van der Waals surface area contributed by atoms with E-state index in [9.17, 15) is 13.2 Å². The summed E-state index contributed by atoms with van der Waals surface area (Å²) in [7, 11) is -3.81. The molecule has 4 rings (SSSR count). The van der Waals surface area contributed by atoms with Crippen molar-refractivity contribution in [3.8, 4) is 0 Å². The van der Waals surface area contributed by atoms with Gasteiger partial charge in [0.2, 0.25) is 0 Å². The third-order valence-corrected chi connectivity index (χ3v) is 11.8. The zero-order chi connectivity index (χ0) is 18.5. The number of nitrogens with zero attached hydrogens (tertiary/aromatic N) is 1. The van der Waals surface area contributed by atoms with Crippen molar-refractivity contribution < 1.29 is 13.2 Å². The normalized spacial score (nSPS) is 27.9. The summed E-state index contributed by atoms with van der Waals surface area (Å²) in [6, 6.07) is 16.6. The molecule has 1 heterocycles. The third-order valence-electron chi connectivity index (χ3n) is 5.00. The van der Waals surface area contributed by atoms with Gasteiger partial charge in [-0.1, -0.05) is 0 Å². The zero-order valence-corrected chi connectivity index (χ0v) is 18.2. The van der Waals surface area contributed by atoms with E-state index in [1.54, 1.807) is 24.3 Å². The van der Waals surface area contributed by atoms with Crippen LogP contribution in [0.15, 0.2) is 59.5 Å². The van der Waals surface area contributed by atoms with Gasteiger partial charge in [-0.2, -0.15) is 0 Å². The molecule has 0 N–H and O–H groups in total. The molecule has 2 aromatic rings. The molecule has 2 bridgehead atoms. The van der Waals surface area contributed by atoms with Gasteiger partial charge in [0.25, 0.3) is 0 Å². The molecule has 136 valence electrons. The molecular weight excluding hydrogens is 481 g/mol. The fourth-order valence-electron chi connectivity index (χ4n) is 3.68. The van der Waals surface area contributed by atoms with Crippen LogP contribution in [0.2, 0.25) is 4.82 Å². The summed E-state index contributed by atoms with van der Waals surface area (Å²) in [6.45, 7) is 1.91. The van der Waals surface area contributed by atoms with E-state index in [-0.39, 0.29) is 47.4 Å². The molecule has 2 aromatic carbocycles. The molecular formula is C19H18BrNO3SSe. The first kappa shape index (κ1) is 18.2. The summed E-state index contributed by atoms with van der Waals surface area (Å²) >= 11 is 3.79. The third kappa shape index (κ3) is 2.95. The van der Waals surface area contributed by atoms with Crippen LogP contribution in [0.4, 0.5) is 0 Å². The van der Waals surface area contributed by atoms with Crippen LogP contribution in [0.3, 0.4) is 0 Å². The Hall–Kier alpha value is -1.14. The van der Waals surface area contributed by atoms with Crippen LogP contribution in [0.1, 0.15) is 12.0 Å². The van der Waals surface area contributed by atoms with E-state index < -0.39 is 10.0 Å². The van der Waals surface area contributed by atoms with Crippen molar-refractivity contribution in [1.29, 1.82) is 0 Å². The molecule has 7 heteroatoms. The predicted octanol–water partition coefficient (Wildman–Crippen LogP) is 2.50. The van der Waals surface area contributed by atoms with Crippen molar-refractivity contribution in [3.05, 3.63) is 60.2 Å². The van der Waals surface area contributed by atoms with Crippen molar-refractivity contribution in [1.82, 2.24) is 4.31 Å². The van der Waals surface area contributed by atoms with E-state index in [2.05, 4.69) is 28.1 Å². The summed E-state index contributed by atoms with van der Waals surface area (Å²) in [5, 5.41) is 0. The molecule has 0 aromatic heterocycles. The first-order chi connectivity index (χ1) is 12.4. The number of rotatable bonds is 4. The fraction of sp³-hybridized carbons (Fsp3) is 0.316. The van der Waals surface area contributed by atoms with Crippen LogP contribution in [0.5, 0.6) is 0 Å². The Morgan fingerprint density at radius 1 is 1.08 bits per heavy atom. The minimum atomic E-state index is -3.81. The van der Waals surface area contributed by atoms with Crippen molar-refractivity contribution in [2.45, 2.75) is 33.9 Å². The van der Waals surface area contributed by atoms with Crippen molar-refractivity contribution in [3.63, 3.8) is 0 Å². The van der Waals surface area contributed by atoms with Crippen molar-refractivity contribution >= 4 is 51.3 Å². The Labute approximate surface area is 168 Å². The number of piperidine rings is 1. The average Bonchev–Trinajstić information content (AvgIpc) is 3.12. The first-order valence-corrected chi connectivity index (χ1v) is 12.6. The standard InChI is InChI=1S/C19H18BrNO3SSe/c1-12-7-9-13(10-8-12)25(23,24)21-16-11-15(19(21)22)17(20)18(16)26-14-5-3-2-4-6-14/h2-10,15-18H,11H2,1H3/t15-,16+,17-,18-/m1/s1. The number of halogens is 1. The van der Waals surface area contributed by atoms with Gasteiger partial charge in [0.05, 0.1) is 0 Å². The van der Waals surface area contributed by atoms with Crippen LogP contribution >= 0.6 is 15.9 Å². The molecule has 2 aliphatic rings. The second kappa shape index (κ2) is 6.79. The van der Waals surface area contributed by atoms with Gasteiger partial charge < -0.3 is 0 Å². The molecule has 1 aliphatic heterocycles. The summed E-state index contributed by atoms with van der Waals surface area (Å²) in [4.78, 5) is 13.2. The Bertz CT molecular complexity index is 933. The molecule has 1 amide bonds. The first-order valence-electron chi connectivity index (χ1n) is 8.40. The second-order valence-corrected chi connectivity index (χ2v) is 12.2. The van der Waals surface area contributed by atoms with Crippen LogP contribution in [0.25, 0.3) is 0 Å². The summed E-state index contributed by atoms with van der Waals surface area (Å²) in [5.41, 5.74) is 0.990. The number of hydrogen-bond acceptors (Lipinski definition) is 3. The monoisotopic (exact) mass is 499 g/mol. The Balaban J connectivity index is 1.67. The van der Waals surface area contributed by atoms with E-state index in [1.165, 1.54) is 8.77 Å². The molecule has 1 saturated carbocycles. The Morgan fingerprint density at radius 3 is 2.35 bits per heavy atom. The molecule has 4 nitrogen and oxygen atoms in total. The molecule has 26 heavy (non-hydrogen) atoms. The van der Waals surface area contributed by atoms with Gasteiger partial charge in [-0.25, -0.2) is 0 Å². The predicted molar refractivity (Wildman–Crippen MR) is 105 cm³/mol. The van der Waals surface area contributed by atoms with Gasteiger partial charge in [0.15, 0.2) is 0 Å². The molecule has 1 aliphatic carbocycles. The molecule has 0 radical (unpaired) electrons. The topological polar surface area (TPSA) is 54.5 Å². The zero-order valence-electron chi connectivity index (χ0n) is 14.1. The number of amides is 1. The van der Waals surface area contributed by atoms with Gasteiger partial charge in [0, 0.05) is 0 Å². The average molecular weight is 499 g/mol. The number of carbonyl (C=O) groups is 1. The van der Waals surface area contributed by atoms with E-state index in [1.807, 2.05) is 25.1 Å². The van der Waals surface area contributed by atoms with E-state index in [0.29, 0.717) is 6.42 Å². The van der Waals surface area contributed by atoms with Crippen molar-refractivity contribution in [2.75, 3.05) is 0 Å². The number of aryl methyl sites for hydroxylation is 1. The number of carbonyl (C=O) groups excluding carboxylic acids is 1. The van der Waals surface area contributed by atoms with Gasteiger partial charge in [-0.05, 0) is 0 Å². The van der Waals surface area contributed by atoms with Gasteiger partial charge in [0.1, 0.15) is 0 Å². The quantitative estimate of drug-likeness (QED) is 0.480. The SMILES string of the molecule is Cc1ccc(S(=O)(=O)N2C(=O)[C@@H]3C[C@H]2[C@@H]([Se]c2ccccc2)[C@@H]3Br)cc1. The minimum absolute atomic E-state index is 0.0460. The van der Waals surface area contributed by atoms with Gasteiger partial charge in [-0.3, -0.25) is 0 Å². The number of alkyl halides is 1. The number of benzene rings is 2. The second-order valence-electron chi connectivity index (χ2n) is 6.70. The van der Waals surface area contributed by atoms with Crippen LogP contribution in [0, 0.1) is 12.8 Å². The molecule has 4 atom stereocenters. The molecule has 2 fully saturated rings. The van der Waals surface area contributed by atoms with E-state index in [4.69, 9.17) is 0 Å². The molecule has 0 unspecified atom stereocenters. The summed E-state index contributed by atoms with van der Waals surface area (Å²) < 4.78 is 28.7. The number of hydrogen-bond donors (Lipinski definition) is 0. The van der Waals surface area contributed by atoms with Crippen molar-refractivity contribution in [2.24, 2.45) is 5.92 Å². The van der Waals surface area contributed by atoms with Gasteiger partial charge >= 0.3 is 169 Å². The Kier molecular flexibility index (Phi) is 4.76. The fourth-order valence-corrected chi connectivity index (χ4v) is 9.67. The van der Waals surface area contributed by atoms with E-state index >= 15 is 0 Å². The maximum absolute atomic E-state index is 13.1. The van der Waals surface area contributed by atoms with Crippen LogP contribution in [-0.2, 0) is 14.8 Å². The summed E-state index contributed by atoms with van der Waals surface area (Å²) in [6.07, 6.45) is 0.610. The Morgan fingerprint density at radius 2 is 1.73 bits per heavy atom. The number of fused-ring (bicyclic) bond motifs is 2. The van der Waals surface area contributed by atoms with Gasteiger partial charge in [-0.15, -0.1) is 0 Å². The maximum atomic E-state index is 13.1. The van der Waals surface area contributed by atoms with Crippen LogP contribution < -0.4 is 4.46 Å². The summed E-state index contributed by atoms with van der Waals surface area (Å²) in [5.74, 6) is -0.520. The molecule has 1 saturated heterocycles. The van der Waals surface area contributed by atoms with E-state index in [0.717, 1.165) is 5.56 Å². The van der Waals surface area contributed by atoms with Crippen LogP contribution in [-0.4, -0.2) is 44.5 Å². The molecule has 0 spiro atoms. The number of sulfonamides is 1.